The first-order valence-electron chi connectivity index (χ1n) is 6.31. The topological polar surface area (TPSA) is 101 Å². The average Bonchev–Trinajstić information content (AvgIpc) is 2.97. The predicted octanol–water partition coefficient (Wildman–Crippen LogP) is 1.49. The smallest absolute Gasteiger partial charge is 0.321 e. The molecule has 1 aliphatic rings. The highest BCUT2D eigenvalue weighted by Crippen LogP contribution is 2.21. The number of anilines is 1. The molecule has 3 N–H and O–H groups in total. The van der Waals surface area contributed by atoms with Crippen LogP contribution >= 0.6 is 11.3 Å². The molecule has 0 saturated carbocycles. The Balaban J connectivity index is 1.90. The maximum absolute atomic E-state index is 11.8. The molecule has 0 aliphatic carbocycles. The Hall–Kier alpha value is -1.67. The summed E-state index contributed by atoms with van der Waals surface area (Å²) in [5.41, 5.74) is 0.915. The highest BCUT2D eigenvalue weighted by atomic mass is 32.1. The number of nitrogens with one attached hydrogen (secondary N) is 2. The van der Waals surface area contributed by atoms with Gasteiger partial charge in [0, 0.05) is 5.38 Å². The summed E-state index contributed by atoms with van der Waals surface area (Å²) in [6, 6.07) is -0.978. The minimum absolute atomic E-state index is 0.120. The van der Waals surface area contributed by atoms with Crippen LogP contribution in [0.25, 0.3) is 0 Å². The van der Waals surface area contributed by atoms with Crippen molar-refractivity contribution in [2.75, 3.05) is 18.5 Å². The summed E-state index contributed by atoms with van der Waals surface area (Å²) in [6.45, 7) is 4.37. The van der Waals surface area contributed by atoms with E-state index in [4.69, 9.17) is 9.84 Å². The lowest BCUT2D eigenvalue weighted by Crippen LogP contribution is -2.44. The highest BCUT2D eigenvalue weighted by molar-refractivity contribution is 7.13. The molecule has 1 aliphatic heterocycles. The third kappa shape index (κ3) is 3.45. The van der Waals surface area contributed by atoms with E-state index in [1.165, 1.54) is 11.3 Å². The Morgan fingerprint density at radius 2 is 2.25 bits per heavy atom. The molecule has 2 atom stereocenters. The summed E-state index contributed by atoms with van der Waals surface area (Å²) in [6.07, 6.45) is 0. The van der Waals surface area contributed by atoms with Crippen LogP contribution in [0.4, 0.5) is 9.93 Å². The second kappa shape index (κ2) is 6.19. The number of carboxylic acid groups (broad SMARTS) is 1. The Morgan fingerprint density at radius 3 is 2.85 bits per heavy atom. The van der Waals surface area contributed by atoms with Crippen molar-refractivity contribution in [3.05, 3.63) is 11.1 Å². The number of hydrogen-bond acceptors (Lipinski definition) is 5. The number of aliphatic carboxylic acids is 1. The van der Waals surface area contributed by atoms with Gasteiger partial charge in [0.05, 0.1) is 24.9 Å². The van der Waals surface area contributed by atoms with Crippen LogP contribution in [-0.4, -0.2) is 41.3 Å². The fourth-order valence-corrected chi connectivity index (χ4v) is 2.72. The third-order valence-corrected chi connectivity index (χ3v) is 3.82. The largest absolute Gasteiger partial charge is 0.481 e. The van der Waals surface area contributed by atoms with Gasteiger partial charge in [0.2, 0.25) is 0 Å². The first-order chi connectivity index (χ1) is 9.47. The fraction of sp³-hybridized carbons (Fsp3) is 0.583. The van der Waals surface area contributed by atoms with Crippen molar-refractivity contribution >= 4 is 28.5 Å². The molecular formula is C12H17N3O4S. The van der Waals surface area contributed by atoms with Crippen LogP contribution in [0.3, 0.4) is 0 Å². The van der Waals surface area contributed by atoms with Crippen LogP contribution < -0.4 is 10.6 Å². The van der Waals surface area contributed by atoms with Crippen molar-refractivity contribution in [1.82, 2.24) is 10.3 Å². The molecule has 0 radical (unpaired) electrons. The van der Waals surface area contributed by atoms with Crippen molar-refractivity contribution < 1.29 is 19.4 Å². The van der Waals surface area contributed by atoms with E-state index in [0.29, 0.717) is 11.0 Å². The van der Waals surface area contributed by atoms with E-state index >= 15 is 0 Å². The molecule has 8 heteroatoms. The number of carboxylic acids is 1. The van der Waals surface area contributed by atoms with Gasteiger partial charge in [-0.05, 0) is 5.92 Å². The summed E-state index contributed by atoms with van der Waals surface area (Å²) in [5, 5.41) is 16.6. The Morgan fingerprint density at radius 1 is 1.50 bits per heavy atom. The molecule has 0 aromatic carbocycles. The van der Waals surface area contributed by atoms with Gasteiger partial charge >= 0.3 is 12.0 Å². The molecule has 7 nitrogen and oxygen atoms in total. The second-order valence-electron chi connectivity index (χ2n) is 4.92. The summed E-state index contributed by atoms with van der Waals surface area (Å²) >= 11 is 1.34. The van der Waals surface area contributed by atoms with Gasteiger partial charge in [-0.15, -0.1) is 11.3 Å². The number of ether oxygens (including phenoxy) is 1. The lowest BCUT2D eigenvalue weighted by atomic mass is 10.0. The van der Waals surface area contributed by atoms with E-state index in [2.05, 4.69) is 15.6 Å². The van der Waals surface area contributed by atoms with Crippen molar-refractivity contribution in [3.63, 3.8) is 0 Å². The predicted molar refractivity (Wildman–Crippen MR) is 74.1 cm³/mol. The minimum Gasteiger partial charge on any atom is -0.481 e. The van der Waals surface area contributed by atoms with Crippen molar-refractivity contribution in [3.8, 4) is 0 Å². The van der Waals surface area contributed by atoms with E-state index in [9.17, 15) is 9.59 Å². The van der Waals surface area contributed by atoms with Crippen LogP contribution in [0.2, 0.25) is 0 Å². The first-order valence-corrected chi connectivity index (χ1v) is 7.19. The van der Waals surface area contributed by atoms with E-state index in [-0.39, 0.29) is 13.2 Å². The number of hydrogen-bond donors (Lipinski definition) is 3. The average molecular weight is 299 g/mol. The maximum Gasteiger partial charge on any atom is 0.321 e. The van der Waals surface area contributed by atoms with Crippen LogP contribution in [-0.2, 0) is 9.53 Å². The Kier molecular flexibility index (Phi) is 4.56. The zero-order valence-corrected chi connectivity index (χ0v) is 12.1. The van der Waals surface area contributed by atoms with E-state index < -0.39 is 24.0 Å². The van der Waals surface area contributed by atoms with Crippen LogP contribution in [0.15, 0.2) is 5.38 Å². The zero-order chi connectivity index (χ0) is 14.7. The normalized spacial score (nSPS) is 21.9. The van der Waals surface area contributed by atoms with Crippen LogP contribution in [0.5, 0.6) is 0 Å². The molecule has 2 amide bonds. The van der Waals surface area contributed by atoms with Gasteiger partial charge in [0.15, 0.2) is 5.13 Å². The Bertz CT molecular complexity index is 503. The molecule has 1 aromatic rings. The van der Waals surface area contributed by atoms with E-state index in [1.54, 1.807) is 0 Å². The zero-order valence-electron chi connectivity index (χ0n) is 11.3. The Labute approximate surface area is 120 Å². The van der Waals surface area contributed by atoms with Gasteiger partial charge in [-0.2, -0.15) is 0 Å². The lowest BCUT2D eigenvalue weighted by Gasteiger charge is -2.15. The highest BCUT2D eigenvalue weighted by Gasteiger charge is 2.35. The van der Waals surface area contributed by atoms with Gasteiger partial charge in [-0.3, -0.25) is 10.1 Å². The van der Waals surface area contributed by atoms with Gasteiger partial charge < -0.3 is 15.2 Å². The van der Waals surface area contributed by atoms with E-state index in [1.807, 2.05) is 19.2 Å². The van der Waals surface area contributed by atoms with Crippen molar-refractivity contribution in [2.24, 2.45) is 5.92 Å². The number of urea groups is 1. The molecule has 1 saturated heterocycles. The van der Waals surface area contributed by atoms with Crippen molar-refractivity contribution in [2.45, 2.75) is 25.8 Å². The molecule has 110 valence electrons. The maximum atomic E-state index is 11.8. The molecule has 2 heterocycles. The van der Waals surface area contributed by atoms with Gasteiger partial charge in [0.25, 0.3) is 0 Å². The van der Waals surface area contributed by atoms with Crippen LogP contribution in [0, 0.1) is 5.92 Å². The number of nitrogens with zero attached hydrogens (tertiary/aromatic N) is 1. The number of rotatable bonds is 4. The molecule has 2 unspecified atom stereocenters. The van der Waals surface area contributed by atoms with E-state index in [0.717, 1.165) is 5.69 Å². The summed E-state index contributed by atoms with van der Waals surface area (Å²) in [5.74, 6) is -1.38. The van der Waals surface area contributed by atoms with Crippen LogP contribution in [0.1, 0.15) is 25.5 Å². The number of carbonyl (C=O) groups is 2. The number of amides is 2. The summed E-state index contributed by atoms with van der Waals surface area (Å²) in [7, 11) is 0. The molecule has 20 heavy (non-hydrogen) atoms. The van der Waals surface area contributed by atoms with Gasteiger partial charge in [0.1, 0.15) is 5.92 Å². The molecule has 0 bridgehead atoms. The number of aromatic nitrogens is 1. The summed E-state index contributed by atoms with van der Waals surface area (Å²) < 4.78 is 5.08. The summed E-state index contributed by atoms with van der Waals surface area (Å²) in [4.78, 5) is 27.1. The molecule has 1 aromatic heterocycles. The quantitative estimate of drug-likeness (QED) is 0.782. The third-order valence-electron chi connectivity index (χ3n) is 3.05. The molecule has 1 fully saturated rings. The van der Waals surface area contributed by atoms with Gasteiger partial charge in [-0.25, -0.2) is 9.78 Å². The fourth-order valence-electron chi connectivity index (χ4n) is 1.85. The SMILES string of the molecule is CC(C)c1csc(NC(=O)NC2COCC2C(=O)O)n1. The monoisotopic (exact) mass is 299 g/mol. The molecular weight excluding hydrogens is 282 g/mol. The standard InChI is InChI=1S/C12H17N3O4S/c1-6(2)9-5-20-12(14-9)15-11(18)13-8-4-19-3-7(8)10(16)17/h5-8H,3-4H2,1-2H3,(H,16,17)(H2,13,14,15,18). The second-order valence-corrected chi connectivity index (χ2v) is 5.78. The molecule has 0 spiro atoms. The van der Waals surface area contributed by atoms with Gasteiger partial charge in [-0.1, -0.05) is 13.8 Å². The van der Waals surface area contributed by atoms with Crippen molar-refractivity contribution in [1.29, 1.82) is 0 Å². The first kappa shape index (κ1) is 14.7. The lowest BCUT2D eigenvalue weighted by molar-refractivity contribution is -0.142. The number of carbonyl (C=O) groups excluding carboxylic acids is 1. The minimum atomic E-state index is -0.968. The number of thiazole rings is 1. The molecule has 2 rings (SSSR count).